The summed E-state index contributed by atoms with van der Waals surface area (Å²) in [6.45, 7) is 12.0. The maximum Gasteiger partial charge on any atom is 0.0931 e. The number of rotatable bonds is 6. The Hall–Kier alpha value is -0.410. The van der Waals surface area contributed by atoms with Crippen LogP contribution < -0.4 is 5.32 Å². The molecule has 0 aliphatic rings. The second kappa shape index (κ2) is 6.36. The van der Waals surface area contributed by atoms with Crippen molar-refractivity contribution in [2.75, 3.05) is 0 Å². The van der Waals surface area contributed by atoms with E-state index in [2.05, 4.69) is 39.9 Å². The van der Waals surface area contributed by atoms with Gasteiger partial charge in [-0.05, 0) is 18.8 Å². The molecule has 1 rings (SSSR count). The summed E-state index contributed by atoms with van der Waals surface area (Å²) >= 11 is 1.88. The first-order chi connectivity index (χ1) is 7.54. The highest BCUT2D eigenvalue weighted by Crippen LogP contribution is 2.25. The lowest BCUT2D eigenvalue weighted by molar-refractivity contribution is 0.588. The van der Waals surface area contributed by atoms with Crippen LogP contribution in [0, 0.1) is 0 Å². The van der Waals surface area contributed by atoms with Gasteiger partial charge in [0.25, 0.3) is 0 Å². The van der Waals surface area contributed by atoms with Crippen molar-refractivity contribution in [1.82, 2.24) is 10.3 Å². The molecule has 0 saturated carbocycles. The first-order valence-corrected chi connectivity index (χ1v) is 7.08. The lowest BCUT2D eigenvalue weighted by atomic mass is 10.1. The summed E-state index contributed by atoms with van der Waals surface area (Å²) in [5.41, 5.74) is 1.29. The summed E-state index contributed by atoms with van der Waals surface area (Å²) < 4.78 is 0. The van der Waals surface area contributed by atoms with Crippen LogP contribution in [0.1, 0.15) is 62.5 Å². The fraction of sp³-hybridized carbons (Fsp3) is 0.769. The zero-order valence-electron chi connectivity index (χ0n) is 11.1. The van der Waals surface area contributed by atoms with Gasteiger partial charge in [-0.25, -0.2) is 4.98 Å². The van der Waals surface area contributed by atoms with E-state index >= 15 is 0 Å². The third-order valence-corrected chi connectivity index (χ3v) is 3.58. The minimum atomic E-state index is 0.533. The zero-order valence-corrected chi connectivity index (χ0v) is 11.9. The molecule has 92 valence electrons. The van der Waals surface area contributed by atoms with Crippen LogP contribution in [0.5, 0.6) is 0 Å². The predicted molar refractivity (Wildman–Crippen MR) is 72.2 cm³/mol. The Labute approximate surface area is 103 Å². The fourth-order valence-corrected chi connectivity index (χ4v) is 2.89. The van der Waals surface area contributed by atoms with Crippen LogP contribution in [0.3, 0.4) is 0 Å². The van der Waals surface area contributed by atoms with Gasteiger partial charge in [-0.2, -0.15) is 0 Å². The molecule has 3 heteroatoms. The fourth-order valence-electron chi connectivity index (χ4n) is 1.61. The summed E-state index contributed by atoms with van der Waals surface area (Å²) in [6.07, 6.45) is 2.30. The zero-order chi connectivity index (χ0) is 12.1. The average molecular weight is 240 g/mol. The van der Waals surface area contributed by atoms with E-state index in [4.69, 9.17) is 4.98 Å². The maximum atomic E-state index is 4.76. The van der Waals surface area contributed by atoms with Gasteiger partial charge in [0.05, 0.1) is 10.7 Å². The molecule has 2 nitrogen and oxygen atoms in total. The molecular formula is C13H24N2S. The second-order valence-corrected chi connectivity index (χ2v) is 6.02. The van der Waals surface area contributed by atoms with Gasteiger partial charge in [0.1, 0.15) is 0 Å². The molecule has 0 unspecified atom stereocenters. The number of nitrogens with zero attached hydrogens (tertiary/aromatic N) is 1. The molecule has 0 spiro atoms. The number of hydrogen-bond acceptors (Lipinski definition) is 3. The van der Waals surface area contributed by atoms with Crippen molar-refractivity contribution < 1.29 is 0 Å². The van der Waals surface area contributed by atoms with Gasteiger partial charge in [-0.3, -0.25) is 0 Å². The highest BCUT2D eigenvalue weighted by molar-refractivity contribution is 7.11. The largest absolute Gasteiger partial charge is 0.310 e. The molecule has 0 saturated heterocycles. The van der Waals surface area contributed by atoms with Crippen LogP contribution in [-0.4, -0.2) is 11.0 Å². The number of aryl methyl sites for hydroxylation is 1. The van der Waals surface area contributed by atoms with E-state index in [0.717, 1.165) is 13.0 Å². The molecule has 1 aromatic rings. The second-order valence-electron chi connectivity index (χ2n) is 4.86. The van der Waals surface area contributed by atoms with Crippen molar-refractivity contribution in [1.29, 1.82) is 0 Å². The predicted octanol–water partition coefficient (Wildman–Crippen LogP) is 3.72. The van der Waals surface area contributed by atoms with Crippen LogP contribution in [-0.2, 0) is 13.0 Å². The summed E-state index contributed by atoms with van der Waals surface area (Å²) in [5, 5.41) is 4.78. The molecule has 0 radical (unpaired) electrons. The maximum absolute atomic E-state index is 4.76. The molecule has 0 aromatic carbocycles. The molecule has 0 amide bonds. The summed E-state index contributed by atoms with van der Waals surface area (Å²) in [6, 6.07) is 0.539. The van der Waals surface area contributed by atoms with Crippen LogP contribution in [0.15, 0.2) is 0 Å². The Morgan fingerprint density at radius 2 is 1.94 bits per heavy atom. The molecule has 0 bridgehead atoms. The van der Waals surface area contributed by atoms with Crippen molar-refractivity contribution in [2.45, 2.75) is 66.0 Å². The minimum Gasteiger partial charge on any atom is -0.310 e. The topological polar surface area (TPSA) is 24.9 Å². The number of hydrogen-bond donors (Lipinski definition) is 1. The highest BCUT2D eigenvalue weighted by Gasteiger charge is 2.13. The average Bonchev–Trinajstić information content (AvgIpc) is 2.59. The number of nitrogens with one attached hydrogen (secondary N) is 1. The molecular weight excluding hydrogens is 216 g/mol. The summed E-state index contributed by atoms with van der Waals surface area (Å²) in [7, 11) is 0. The Balaban J connectivity index is 2.78. The van der Waals surface area contributed by atoms with Crippen LogP contribution in [0.2, 0.25) is 0 Å². The number of aromatic nitrogens is 1. The van der Waals surface area contributed by atoms with Gasteiger partial charge in [-0.1, -0.05) is 34.6 Å². The first kappa shape index (κ1) is 13.7. The van der Waals surface area contributed by atoms with E-state index in [9.17, 15) is 0 Å². The third kappa shape index (κ3) is 3.87. The van der Waals surface area contributed by atoms with Crippen molar-refractivity contribution in [2.24, 2.45) is 0 Å². The minimum absolute atomic E-state index is 0.533. The molecule has 0 atom stereocenters. The standard InChI is InChI=1S/C13H24N2S/c1-6-7-12-15-13(9(2)3)11(16-12)8-14-10(4)5/h9-10,14H,6-8H2,1-5H3. The Kier molecular flexibility index (Phi) is 5.42. The third-order valence-electron chi connectivity index (χ3n) is 2.45. The van der Waals surface area contributed by atoms with E-state index in [-0.39, 0.29) is 0 Å². The van der Waals surface area contributed by atoms with E-state index in [1.807, 2.05) is 11.3 Å². The Bertz CT molecular complexity index is 316. The van der Waals surface area contributed by atoms with Gasteiger partial charge in [0.2, 0.25) is 0 Å². The normalized spacial score (nSPS) is 11.7. The van der Waals surface area contributed by atoms with Crippen molar-refractivity contribution in [3.8, 4) is 0 Å². The number of thiazole rings is 1. The van der Waals surface area contributed by atoms with Gasteiger partial charge in [-0.15, -0.1) is 11.3 Å². The molecule has 1 N–H and O–H groups in total. The molecule has 16 heavy (non-hydrogen) atoms. The molecule has 0 aliphatic heterocycles. The smallest absolute Gasteiger partial charge is 0.0931 e. The van der Waals surface area contributed by atoms with Crippen molar-refractivity contribution in [3.05, 3.63) is 15.6 Å². The van der Waals surface area contributed by atoms with Crippen LogP contribution in [0.25, 0.3) is 0 Å². The molecule has 0 aliphatic carbocycles. The van der Waals surface area contributed by atoms with Crippen molar-refractivity contribution >= 4 is 11.3 Å². The van der Waals surface area contributed by atoms with Crippen molar-refractivity contribution in [3.63, 3.8) is 0 Å². The molecule has 0 fully saturated rings. The Morgan fingerprint density at radius 3 is 2.44 bits per heavy atom. The molecule has 1 aromatic heterocycles. The van der Waals surface area contributed by atoms with E-state index in [1.165, 1.54) is 22.0 Å². The van der Waals surface area contributed by atoms with Gasteiger partial charge in [0.15, 0.2) is 0 Å². The monoisotopic (exact) mass is 240 g/mol. The summed E-state index contributed by atoms with van der Waals surface area (Å²) in [5.74, 6) is 0.533. The summed E-state index contributed by atoms with van der Waals surface area (Å²) in [4.78, 5) is 6.18. The molecule has 1 heterocycles. The van der Waals surface area contributed by atoms with Crippen LogP contribution >= 0.6 is 11.3 Å². The lowest BCUT2D eigenvalue weighted by Crippen LogP contribution is -2.22. The van der Waals surface area contributed by atoms with Gasteiger partial charge in [0, 0.05) is 17.5 Å². The van der Waals surface area contributed by atoms with E-state index in [1.54, 1.807) is 0 Å². The first-order valence-electron chi connectivity index (χ1n) is 6.26. The van der Waals surface area contributed by atoms with E-state index < -0.39 is 0 Å². The van der Waals surface area contributed by atoms with Crippen LogP contribution in [0.4, 0.5) is 0 Å². The van der Waals surface area contributed by atoms with Gasteiger partial charge < -0.3 is 5.32 Å². The van der Waals surface area contributed by atoms with Gasteiger partial charge >= 0.3 is 0 Å². The highest BCUT2D eigenvalue weighted by atomic mass is 32.1. The van der Waals surface area contributed by atoms with E-state index in [0.29, 0.717) is 12.0 Å². The Morgan fingerprint density at radius 1 is 1.25 bits per heavy atom. The quantitative estimate of drug-likeness (QED) is 0.820. The SMILES string of the molecule is CCCc1nc(C(C)C)c(CNC(C)C)s1. The lowest BCUT2D eigenvalue weighted by Gasteiger charge is -2.09.